The van der Waals surface area contributed by atoms with E-state index in [9.17, 15) is 14.7 Å². The number of amides is 1. The highest BCUT2D eigenvalue weighted by Crippen LogP contribution is 2.23. The maximum atomic E-state index is 12.3. The number of carbonyl (C=O) groups excluding carboxylic acids is 1. The molecule has 5 nitrogen and oxygen atoms in total. The predicted molar refractivity (Wildman–Crippen MR) is 136 cm³/mol. The summed E-state index contributed by atoms with van der Waals surface area (Å²) in [6.45, 7) is 2.62. The number of carbonyl (C=O) groups is 2. The van der Waals surface area contributed by atoms with Gasteiger partial charge in [-0.1, -0.05) is 49.4 Å². The number of nitrogens with zero attached hydrogens (tertiary/aromatic N) is 1. The van der Waals surface area contributed by atoms with Crippen LogP contribution in [0.1, 0.15) is 59.1 Å². The van der Waals surface area contributed by atoms with Gasteiger partial charge in [0.2, 0.25) is 5.91 Å². The van der Waals surface area contributed by atoms with Gasteiger partial charge in [-0.3, -0.25) is 4.79 Å². The minimum atomic E-state index is -0.901. The van der Waals surface area contributed by atoms with Gasteiger partial charge >= 0.3 is 5.97 Å². The number of rotatable bonds is 11. The average molecular weight is 480 g/mol. The summed E-state index contributed by atoms with van der Waals surface area (Å²) < 4.78 is 0. The first kappa shape index (κ1) is 25.7. The Morgan fingerprint density at radius 2 is 2.00 bits per heavy atom. The van der Waals surface area contributed by atoms with Gasteiger partial charge < -0.3 is 15.1 Å². The second-order valence-corrected chi connectivity index (χ2v) is 9.93. The normalized spacial score (nSPS) is 17.5. The first-order valence-corrected chi connectivity index (χ1v) is 12.7. The van der Waals surface area contributed by atoms with Crippen LogP contribution in [0, 0.1) is 17.8 Å². The van der Waals surface area contributed by atoms with Gasteiger partial charge in [-0.25, -0.2) is 4.79 Å². The lowest BCUT2D eigenvalue weighted by Crippen LogP contribution is -2.33. The molecule has 1 fully saturated rings. The van der Waals surface area contributed by atoms with Crippen LogP contribution in [0.2, 0.25) is 0 Å². The van der Waals surface area contributed by atoms with E-state index in [1.165, 1.54) is 16.9 Å². The van der Waals surface area contributed by atoms with Crippen molar-refractivity contribution in [3.05, 3.63) is 69.9 Å². The molecule has 6 heteroatoms. The summed E-state index contributed by atoms with van der Waals surface area (Å²) in [4.78, 5) is 26.6. The van der Waals surface area contributed by atoms with Crippen molar-refractivity contribution in [2.75, 3.05) is 6.54 Å². The highest BCUT2D eigenvalue weighted by Gasteiger charge is 2.28. The number of hydrogen-bond acceptors (Lipinski definition) is 4. The molecule has 1 saturated heterocycles. The highest BCUT2D eigenvalue weighted by molar-refractivity contribution is 7.13. The summed E-state index contributed by atoms with van der Waals surface area (Å²) in [6.07, 6.45) is 8.37. The quantitative estimate of drug-likeness (QED) is 0.353. The number of aryl methyl sites for hydroxylation is 2. The molecule has 0 radical (unpaired) electrons. The number of thiophene rings is 1. The van der Waals surface area contributed by atoms with Gasteiger partial charge in [0.05, 0.1) is 12.1 Å². The Labute approximate surface area is 206 Å². The molecule has 0 saturated carbocycles. The third-order valence-electron chi connectivity index (χ3n) is 6.11. The van der Waals surface area contributed by atoms with Crippen LogP contribution in [0.15, 0.2) is 54.6 Å². The van der Waals surface area contributed by atoms with Gasteiger partial charge in [0.1, 0.15) is 4.88 Å². The molecule has 1 aromatic heterocycles. The molecule has 2 heterocycles. The summed E-state index contributed by atoms with van der Waals surface area (Å²) in [5.74, 6) is 5.65. The molecule has 0 bridgehead atoms. The lowest BCUT2D eigenvalue weighted by atomic mass is 9.99. The summed E-state index contributed by atoms with van der Waals surface area (Å²) in [5, 5.41) is 19.6. The maximum absolute atomic E-state index is 12.3. The van der Waals surface area contributed by atoms with E-state index >= 15 is 0 Å². The van der Waals surface area contributed by atoms with E-state index in [1.807, 2.05) is 48.2 Å². The van der Waals surface area contributed by atoms with Gasteiger partial charge in [-0.05, 0) is 49.3 Å². The topological polar surface area (TPSA) is 77.8 Å². The van der Waals surface area contributed by atoms with Crippen LogP contribution in [0.3, 0.4) is 0 Å². The van der Waals surface area contributed by atoms with E-state index in [-0.39, 0.29) is 17.9 Å². The number of aliphatic hydroxyl groups excluding tert-OH is 1. The van der Waals surface area contributed by atoms with E-state index in [0.29, 0.717) is 24.3 Å². The van der Waals surface area contributed by atoms with Crippen molar-refractivity contribution >= 4 is 23.2 Å². The van der Waals surface area contributed by atoms with Gasteiger partial charge in [0.15, 0.2) is 0 Å². The van der Waals surface area contributed by atoms with E-state index in [0.717, 1.165) is 37.0 Å². The molecule has 1 amide bonds. The molecular formula is C28H33NO4S. The summed E-state index contributed by atoms with van der Waals surface area (Å²) in [5.41, 5.74) is 1.28. The molecule has 2 aromatic rings. The molecule has 1 aliphatic heterocycles. The van der Waals surface area contributed by atoms with Gasteiger partial charge in [-0.15, -0.1) is 23.2 Å². The number of hydrogen-bond donors (Lipinski definition) is 2. The van der Waals surface area contributed by atoms with Crippen molar-refractivity contribution < 1.29 is 19.8 Å². The summed E-state index contributed by atoms with van der Waals surface area (Å²) in [7, 11) is 0. The SMILES string of the molecule is C[C@H](CC#CCCc1ccccc1)[C@H](O)C=C[C@H]1CCC(=O)N1CCCc1ccc(C(=O)O)s1. The molecule has 2 N–H and O–H groups in total. The Hall–Kier alpha value is -2.88. The second kappa shape index (κ2) is 13.1. The van der Waals surface area contributed by atoms with Gasteiger partial charge in [-0.2, -0.15) is 0 Å². The number of carboxylic acid groups (broad SMARTS) is 1. The molecule has 1 aliphatic rings. The molecule has 0 spiro atoms. The Kier molecular flexibility index (Phi) is 9.93. The van der Waals surface area contributed by atoms with Crippen LogP contribution in [0.5, 0.6) is 0 Å². The smallest absolute Gasteiger partial charge is 0.345 e. The Balaban J connectivity index is 1.41. The van der Waals surface area contributed by atoms with Crippen molar-refractivity contribution in [3.8, 4) is 11.8 Å². The molecule has 180 valence electrons. The van der Waals surface area contributed by atoms with E-state index in [4.69, 9.17) is 5.11 Å². The standard InChI is InChI=1S/C28H33NO4S/c1-21(9-4-2-5-10-22-11-6-3-7-12-22)25(30)17-14-23-15-19-27(31)29(23)20-8-13-24-16-18-26(34-24)28(32)33/h3,6-7,11-12,14,16-18,21,23,25,30H,5,8-10,13,15,19-20H2,1H3,(H,32,33)/t21-,23+,25-/m1/s1. The Bertz CT molecular complexity index is 1030. The molecule has 3 atom stereocenters. The maximum Gasteiger partial charge on any atom is 0.345 e. The first-order valence-electron chi connectivity index (χ1n) is 11.9. The summed E-state index contributed by atoms with van der Waals surface area (Å²) in [6, 6.07) is 13.8. The van der Waals surface area contributed by atoms with E-state index in [2.05, 4.69) is 24.0 Å². The fraction of sp³-hybridized carbons (Fsp3) is 0.429. The highest BCUT2D eigenvalue weighted by atomic mass is 32.1. The molecule has 34 heavy (non-hydrogen) atoms. The Morgan fingerprint density at radius 1 is 1.21 bits per heavy atom. The largest absolute Gasteiger partial charge is 0.477 e. The zero-order chi connectivity index (χ0) is 24.3. The molecule has 1 aromatic carbocycles. The zero-order valence-electron chi connectivity index (χ0n) is 19.7. The van der Waals surface area contributed by atoms with Gasteiger partial charge in [0.25, 0.3) is 0 Å². The molecular weight excluding hydrogens is 446 g/mol. The monoisotopic (exact) mass is 479 g/mol. The third-order valence-corrected chi connectivity index (χ3v) is 7.25. The van der Waals surface area contributed by atoms with Crippen molar-refractivity contribution in [1.82, 2.24) is 4.90 Å². The van der Waals surface area contributed by atoms with Gasteiger partial charge in [0, 0.05) is 30.7 Å². The first-order chi connectivity index (χ1) is 16.4. The summed E-state index contributed by atoms with van der Waals surface area (Å²) >= 11 is 1.29. The average Bonchev–Trinajstić information content (AvgIpc) is 3.45. The fourth-order valence-electron chi connectivity index (χ4n) is 4.02. The lowest BCUT2D eigenvalue weighted by Gasteiger charge is -2.23. The number of likely N-dealkylation sites (tertiary alicyclic amines) is 1. The minimum absolute atomic E-state index is 0.00391. The fourth-order valence-corrected chi connectivity index (χ4v) is 4.91. The number of carboxylic acids is 1. The van der Waals surface area contributed by atoms with Crippen molar-refractivity contribution in [1.29, 1.82) is 0 Å². The zero-order valence-corrected chi connectivity index (χ0v) is 20.5. The van der Waals surface area contributed by atoms with Crippen LogP contribution < -0.4 is 0 Å². The van der Waals surface area contributed by atoms with E-state index in [1.54, 1.807) is 6.07 Å². The van der Waals surface area contributed by atoms with Crippen LogP contribution >= 0.6 is 11.3 Å². The van der Waals surface area contributed by atoms with Crippen molar-refractivity contribution in [2.24, 2.45) is 5.92 Å². The minimum Gasteiger partial charge on any atom is -0.477 e. The molecule has 0 aliphatic carbocycles. The number of benzene rings is 1. The predicted octanol–water partition coefficient (Wildman–Crippen LogP) is 4.95. The molecule has 0 unspecified atom stereocenters. The van der Waals surface area contributed by atoms with E-state index < -0.39 is 12.1 Å². The van der Waals surface area contributed by atoms with Crippen LogP contribution in [0.25, 0.3) is 0 Å². The molecule has 3 rings (SSSR count). The number of aliphatic hydroxyl groups is 1. The van der Waals surface area contributed by atoms with Crippen LogP contribution in [0.4, 0.5) is 0 Å². The van der Waals surface area contributed by atoms with Crippen LogP contribution in [-0.2, 0) is 17.6 Å². The third kappa shape index (κ3) is 7.86. The lowest BCUT2D eigenvalue weighted by molar-refractivity contribution is -0.128. The van der Waals surface area contributed by atoms with Crippen molar-refractivity contribution in [3.63, 3.8) is 0 Å². The van der Waals surface area contributed by atoms with Crippen LogP contribution in [-0.4, -0.2) is 45.7 Å². The van der Waals surface area contributed by atoms with Crippen molar-refractivity contribution in [2.45, 2.75) is 64.0 Å². The number of aromatic carboxylic acids is 1. The Morgan fingerprint density at radius 3 is 2.74 bits per heavy atom. The second-order valence-electron chi connectivity index (χ2n) is 8.76.